The van der Waals surface area contributed by atoms with E-state index in [2.05, 4.69) is 16.7 Å². The highest BCUT2D eigenvalue weighted by molar-refractivity contribution is 6.30. The van der Waals surface area contributed by atoms with Gasteiger partial charge in [-0.3, -0.25) is 4.79 Å². The van der Waals surface area contributed by atoms with E-state index in [1.165, 1.54) is 0 Å². The van der Waals surface area contributed by atoms with Crippen molar-refractivity contribution in [3.05, 3.63) is 70.9 Å². The number of nitrogens with zero attached hydrogens (tertiary/aromatic N) is 2. The number of amides is 1. The molecule has 0 bridgehead atoms. The van der Waals surface area contributed by atoms with Gasteiger partial charge in [0.2, 0.25) is 5.91 Å². The molecule has 0 atom stereocenters. The number of fused-ring (bicyclic) bond motifs is 1. The van der Waals surface area contributed by atoms with Gasteiger partial charge < -0.3 is 9.47 Å². The molecular weight excluding hydrogens is 308 g/mol. The van der Waals surface area contributed by atoms with Gasteiger partial charge >= 0.3 is 0 Å². The zero-order chi connectivity index (χ0) is 16.4. The monoisotopic (exact) mass is 326 g/mol. The third-order valence-corrected chi connectivity index (χ3v) is 4.28. The van der Waals surface area contributed by atoms with Crippen LogP contribution in [0.5, 0.6) is 0 Å². The minimum atomic E-state index is 0.0782. The molecule has 0 N–H and O–H groups in total. The molecule has 1 heterocycles. The summed E-state index contributed by atoms with van der Waals surface area (Å²) in [5, 5.41) is 1.85. The molecule has 0 radical (unpaired) electrons. The average Bonchev–Trinajstić information content (AvgIpc) is 2.83. The molecule has 0 aliphatic rings. The highest BCUT2D eigenvalue weighted by Crippen LogP contribution is 2.19. The molecule has 0 fully saturated rings. The van der Waals surface area contributed by atoms with E-state index in [4.69, 9.17) is 11.6 Å². The number of carbonyl (C=O) groups is 1. The van der Waals surface area contributed by atoms with Gasteiger partial charge in [0.25, 0.3) is 0 Å². The maximum atomic E-state index is 12.6. The molecule has 3 rings (SSSR count). The molecule has 0 spiro atoms. The quantitative estimate of drug-likeness (QED) is 0.703. The Morgan fingerprint density at radius 1 is 1.13 bits per heavy atom. The molecule has 4 heteroatoms. The average molecular weight is 327 g/mol. The summed E-state index contributed by atoms with van der Waals surface area (Å²) in [4.78, 5) is 14.3. The van der Waals surface area contributed by atoms with Gasteiger partial charge in [0.05, 0.1) is 0 Å². The molecule has 1 aromatic heterocycles. The molecular formula is C19H19ClN2O. The van der Waals surface area contributed by atoms with E-state index in [1.807, 2.05) is 56.4 Å². The van der Waals surface area contributed by atoms with Crippen LogP contribution in [0, 0.1) is 6.92 Å². The van der Waals surface area contributed by atoms with Crippen LogP contribution < -0.4 is 0 Å². The van der Waals surface area contributed by atoms with Gasteiger partial charge in [0, 0.05) is 29.8 Å². The standard InChI is InChI=1S/C19H19ClN2O/c1-14-10-16-7-3-4-9-18(16)22(14)13-19(23)21(2)12-15-6-5-8-17(20)11-15/h3-11H,12-13H2,1-2H3. The summed E-state index contributed by atoms with van der Waals surface area (Å²) >= 11 is 6.00. The molecule has 3 nitrogen and oxygen atoms in total. The van der Waals surface area contributed by atoms with Crippen molar-refractivity contribution in [2.75, 3.05) is 7.05 Å². The van der Waals surface area contributed by atoms with Gasteiger partial charge in [-0.2, -0.15) is 0 Å². The third-order valence-electron chi connectivity index (χ3n) is 4.05. The second-order valence-corrected chi connectivity index (χ2v) is 6.25. The number of halogens is 1. The van der Waals surface area contributed by atoms with E-state index in [9.17, 15) is 4.79 Å². The minimum Gasteiger partial charge on any atom is -0.340 e. The van der Waals surface area contributed by atoms with Gasteiger partial charge in [0.1, 0.15) is 6.54 Å². The van der Waals surface area contributed by atoms with Crippen molar-refractivity contribution >= 4 is 28.4 Å². The molecule has 3 aromatic rings. The zero-order valence-electron chi connectivity index (χ0n) is 13.3. The predicted molar refractivity (Wildman–Crippen MR) is 94.6 cm³/mol. The first-order chi connectivity index (χ1) is 11.0. The van der Waals surface area contributed by atoms with E-state index in [0.29, 0.717) is 18.1 Å². The molecule has 0 unspecified atom stereocenters. The Kier molecular flexibility index (Phi) is 4.39. The van der Waals surface area contributed by atoms with Crippen LogP contribution >= 0.6 is 11.6 Å². The Bertz CT molecular complexity index is 853. The number of benzene rings is 2. The predicted octanol–water partition coefficient (Wildman–Crippen LogP) is 4.26. The zero-order valence-corrected chi connectivity index (χ0v) is 14.0. The van der Waals surface area contributed by atoms with Crippen molar-refractivity contribution in [1.29, 1.82) is 0 Å². The van der Waals surface area contributed by atoms with Crippen molar-refractivity contribution < 1.29 is 4.79 Å². The lowest BCUT2D eigenvalue weighted by molar-refractivity contribution is -0.131. The van der Waals surface area contributed by atoms with Crippen LogP contribution in [0.1, 0.15) is 11.3 Å². The lowest BCUT2D eigenvalue weighted by Crippen LogP contribution is -2.30. The Labute approximate surface area is 141 Å². The largest absolute Gasteiger partial charge is 0.340 e. The summed E-state index contributed by atoms with van der Waals surface area (Å²) in [6.45, 7) is 2.93. The number of rotatable bonds is 4. The second-order valence-electron chi connectivity index (χ2n) is 5.81. The number of carbonyl (C=O) groups excluding carboxylic acids is 1. The lowest BCUT2D eigenvalue weighted by Gasteiger charge is -2.19. The summed E-state index contributed by atoms with van der Waals surface area (Å²) in [6, 6.07) is 17.8. The van der Waals surface area contributed by atoms with Crippen LogP contribution in [-0.2, 0) is 17.9 Å². The van der Waals surface area contributed by atoms with E-state index in [0.717, 1.165) is 22.2 Å². The van der Waals surface area contributed by atoms with Crippen LogP contribution in [-0.4, -0.2) is 22.4 Å². The molecule has 1 amide bonds. The number of aromatic nitrogens is 1. The number of hydrogen-bond donors (Lipinski definition) is 0. The van der Waals surface area contributed by atoms with E-state index < -0.39 is 0 Å². The van der Waals surface area contributed by atoms with E-state index >= 15 is 0 Å². The van der Waals surface area contributed by atoms with Gasteiger partial charge in [-0.25, -0.2) is 0 Å². The first-order valence-electron chi connectivity index (χ1n) is 7.58. The van der Waals surface area contributed by atoms with E-state index in [1.54, 1.807) is 4.90 Å². The highest BCUT2D eigenvalue weighted by Gasteiger charge is 2.13. The molecule has 118 valence electrons. The molecule has 0 saturated carbocycles. The van der Waals surface area contributed by atoms with Crippen LogP contribution in [0.3, 0.4) is 0 Å². The summed E-state index contributed by atoms with van der Waals surface area (Å²) < 4.78 is 2.06. The second kappa shape index (κ2) is 6.47. The summed E-state index contributed by atoms with van der Waals surface area (Å²) in [7, 11) is 1.82. The Morgan fingerprint density at radius 2 is 1.91 bits per heavy atom. The molecule has 2 aromatic carbocycles. The van der Waals surface area contributed by atoms with E-state index in [-0.39, 0.29) is 5.91 Å². The van der Waals surface area contributed by atoms with Crippen LogP contribution in [0.15, 0.2) is 54.6 Å². The van der Waals surface area contributed by atoms with Gasteiger partial charge in [-0.1, -0.05) is 41.9 Å². The molecule has 23 heavy (non-hydrogen) atoms. The van der Waals surface area contributed by atoms with Crippen molar-refractivity contribution in [2.24, 2.45) is 0 Å². The summed E-state index contributed by atoms with van der Waals surface area (Å²) in [5.41, 5.74) is 3.22. The fourth-order valence-electron chi connectivity index (χ4n) is 2.81. The highest BCUT2D eigenvalue weighted by atomic mass is 35.5. The molecule has 0 aliphatic carbocycles. The van der Waals surface area contributed by atoms with Crippen LogP contribution in [0.25, 0.3) is 10.9 Å². The first-order valence-corrected chi connectivity index (χ1v) is 7.95. The summed E-state index contributed by atoms with van der Waals surface area (Å²) in [5.74, 6) is 0.0782. The van der Waals surface area contributed by atoms with Crippen molar-refractivity contribution in [2.45, 2.75) is 20.0 Å². The van der Waals surface area contributed by atoms with Crippen LogP contribution in [0.2, 0.25) is 5.02 Å². The van der Waals surface area contributed by atoms with Gasteiger partial charge in [0.15, 0.2) is 0 Å². The molecule has 0 aliphatic heterocycles. The van der Waals surface area contributed by atoms with Crippen molar-refractivity contribution in [3.63, 3.8) is 0 Å². The fraction of sp³-hybridized carbons (Fsp3) is 0.211. The third kappa shape index (κ3) is 3.40. The smallest absolute Gasteiger partial charge is 0.242 e. The number of hydrogen-bond acceptors (Lipinski definition) is 1. The fourth-order valence-corrected chi connectivity index (χ4v) is 3.02. The topological polar surface area (TPSA) is 25.2 Å². The van der Waals surface area contributed by atoms with Gasteiger partial charge in [-0.15, -0.1) is 0 Å². The normalized spacial score (nSPS) is 10.9. The maximum Gasteiger partial charge on any atom is 0.242 e. The van der Waals surface area contributed by atoms with Gasteiger partial charge in [-0.05, 0) is 42.1 Å². The first kappa shape index (κ1) is 15.6. The Morgan fingerprint density at radius 3 is 2.70 bits per heavy atom. The maximum absolute atomic E-state index is 12.6. The number of likely N-dealkylation sites (N-methyl/N-ethyl adjacent to an activating group) is 1. The molecule has 0 saturated heterocycles. The lowest BCUT2D eigenvalue weighted by atomic mass is 10.2. The minimum absolute atomic E-state index is 0.0782. The summed E-state index contributed by atoms with van der Waals surface area (Å²) in [6.07, 6.45) is 0. The number of aryl methyl sites for hydroxylation is 1. The van der Waals surface area contributed by atoms with Crippen molar-refractivity contribution in [3.8, 4) is 0 Å². The Hall–Kier alpha value is -2.26. The van der Waals surface area contributed by atoms with Crippen molar-refractivity contribution in [1.82, 2.24) is 9.47 Å². The SMILES string of the molecule is Cc1cc2ccccc2n1CC(=O)N(C)Cc1cccc(Cl)c1. The Balaban J connectivity index is 1.76. The number of para-hydroxylation sites is 1. The van der Waals surface area contributed by atoms with Crippen LogP contribution in [0.4, 0.5) is 0 Å².